The molecule has 0 aliphatic carbocycles. The molecule has 0 aliphatic heterocycles. The Hall–Kier alpha value is -0.700. The highest BCUT2D eigenvalue weighted by atomic mass is 16.2. The lowest BCUT2D eigenvalue weighted by atomic mass is 9.98. The molecule has 3 heteroatoms. The van der Waals surface area contributed by atoms with Crippen LogP contribution in [0.5, 0.6) is 0 Å². The number of carbonyl (C=O) groups is 2. The highest BCUT2D eigenvalue weighted by molar-refractivity contribution is 6.03. The first kappa shape index (κ1) is 10.3. The highest BCUT2D eigenvalue weighted by Crippen LogP contribution is 2.01. The van der Waals surface area contributed by atoms with Gasteiger partial charge in [-0.3, -0.25) is 9.59 Å². The van der Waals surface area contributed by atoms with Crippen molar-refractivity contribution in [2.75, 3.05) is 7.05 Å². The van der Waals surface area contributed by atoms with E-state index in [-0.39, 0.29) is 17.6 Å². The summed E-state index contributed by atoms with van der Waals surface area (Å²) in [4.78, 5) is 22.0. The van der Waals surface area contributed by atoms with Gasteiger partial charge in [-0.1, -0.05) is 0 Å². The number of ketones is 2. The van der Waals surface area contributed by atoms with E-state index in [9.17, 15) is 9.59 Å². The van der Waals surface area contributed by atoms with Crippen LogP contribution in [-0.2, 0) is 9.59 Å². The number of nitrogens with one attached hydrogen (secondary N) is 1. The molecule has 3 nitrogen and oxygen atoms in total. The number of carbonyl (C=O) groups excluding carboxylic acids is 2. The minimum Gasteiger partial charge on any atom is -0.311 e. The van der Waals surface area contributed by atoms with Crippen molar-refractivity contribution < 1.29 is 9.59 Å². The van der Waals surface area contributed by atoms with Crippen LogP contribution in [0.1, 0.15) is 20.8 Å². The lowest BCUT2D eigenvalue weighted by Crippen LogP contribution is -2.36. The molecule has 2 atom stereocenters. The Balaban J connectivity index is 4.13. The summed E-state index contributed by atoms with van der Waals surface area (Å²) in [6, 6.07) is -0.228. The van der Waals surface area contributed by atoms with E-state index in [1.165, 1.54) is 6.92 Å². The molecule has 0 amide bonds. The van der Waals surface area contributed by atoms with E-state index in [1.54, 1.807) is 20.9 Å². The Bertz CT molecular complexity index is 165. The first-order valence-electron chi connectivity index (χ1n) is 3.72. The second kappa shape index (κ2) is 4.23. The summed E-state index contributed by atoms with van der Waals surface area (Å²) in [5.41, 5.74) is 0. The maximum Gasteiger partial charge on any atom is 0.159 e. The van der Waals surface area contributed by atoms with Crippen molar-refractivity contribution in [1.82, 2.24) is 5.32 Å². The van der Waals surface area contributed by atoms with Crippen LogP contribution in [0.3, 0.4) is 0 Å². The third-order valence-electron chi connectivity index (χ3n) is 1.90. The van der Waals surface area contributed by atoms with Gasteiger partial charge in [-0.2, -0.15) is 0 Å². The molecule has 0 bridgehead atoms. The van der Waals surface area contributed by atoms with Crippen LogP contribution in [0.2, 0.25) is 0 Å². The van der Waals surface area contributed by atoms with E-state index in [1.807, 2.05) is 0 Å². The van der Waals surface area contributed by atoms with Gasteiger partial charge < -0.3 is 5.32 Å². The number of hydrogen-bond donors (Lipinski definition) is 1. The molecule has 0 aromatic heterocycles. The van der Waals surface area contributed by atoms with Gasteiger partial charge in [0.15, 0.2) is 5.78 Å². The van der Waals surface area contributed by atoms with Gasteiger partial charge in [0.1, 0.15) is 5.78 Å². The van der Waals surface area contributed by atoms with Crippen molar-refractivity contribution >= 4 is 11.6 Å². The molecule has 0 saturated carbocycles. The van der Waals surface area contributed by atoms with E-state index < -0.39 is 5.92 Å². The summed E-state index contributed by atoms with van der Waals surface area (Å²) in [7, 11) is 1.70. The van der Waals surface area contributed by atoms with Crippen LogP contribution in [0, 0.1) is 5.92 Å². The first-order valence-corrected chi connectivity index (χ1v) is 3.72. The summed E-state index contributed by atoms with van der Waals surface area (Å²) >= 11 is 0. The SMILES string of the molecule is CNC(C)C(=O)C(C)C(C)=O. The molecule has 0 aromatic carbocycles. The fourth-order valence-corrected chi connectivity index (χ4v) is 0.718. The molecular formula is C8H15NO2. The fourth-order valence-electron chi connectivity index (χ4n) is 0.718. The normalized spacial score (nSPS) is 15.6. The number of likely N-dealkylation sites (N-methyl/N-ethyl adjacent to an activating group) is 1. The molecule has 0 spiro atoms. The van der Waals surface area contributed by atoms with Gasteiger partial charge in [-0.05, 0) is 27.8 Å². The maximum atomic E-state index is 11.2. The van der Waals surface area contributed by atoms with Crippen LogP contribution in [0.15, 0.2) is 0 Å². The maximum absolute atomic E-state index is 11.2. The van der Waals surface area contributed by atoms with Crippen LogP contribution >= 0.6 is 0 Å². The molecule has 64 valence electrons. The molecule has 2 unspecified atom stereocenters. The van der Waals surface area contributed by atoms with Crippen molar-refractivity contribution in [3.8, 4) is 0 Å². The van der Waals surface area contributed by atoms with E-state index in [0.717, 1.165) is 0 Å². The minimum absolute atomic E-state index is 0.0417. The van der Waals surface area contributed by atoms with Gasteiger partial charge in [0, 0.05) is 0 Å². The van der Waals surface area contributed by atoms with Gasteiger partial charge in [0.05, 0.1) is 12.0 Å². The third kappa shape index (κ3) is 2.80. The Labute approximate surface area is 67.2 Å². The summed E-state index contributed by atoms with van der Waals surface area (Å²) in [5, 5.41) is 2.80. The number of Topliss-reactive ketones (excluding diaryl/α,β-unsaturated/α-hetero) is 2. The zero-order chi connectivity index (χ0) is 9.02. The molecule has 0 heterocycles. The Morgan fingerprint density at radius 2 is 1.73 bits per heavy atom. The average Bonchev–Trinajstić information content (AvgIpc) is 2.00. The Kier molecular flexibility index (Phi) is 3.97. The summed E-state index contributed by atoms with van der Waals surface area (Å²) in [6.45, 7) is 4.82. The molecule has 0 saturated heterocycles. The van der Waals surface area contributed by atoms with Crippen molar-refractivity contribution in [3.63, 3.8) is 0 Å². The minimum atomic E-state index is -0.475. The molecule has 0 fully saturated rings. The molecular weight excluding hydrogens is 142 g/mol. The van der Waals surface area contributed by atoms with Crippen molar-refractivity contribution in [2.45, 2.75) is 26.8 Å². The van der Waals surface area contributed by atoms with Crippen LogP contribution < -0.4 is 5.32 Å². The summed E-state index contributed by atoms with van der Waals surface area (Å²) in [5.74, 6) is -0.588. The quantitative estimate of drug-likeness (QED) is 0.600. The molecule has 0 aromatic rings. The Morgan fingerprint density at radius 3 is 2.00 bits per heavy atom. The zero-order valence-corrected chi connectivity index (χ0v) is 7.47. The predicted molar refractivity (Wildman–Crippen MR) is 43.4 cm³/mol. The Morgan fingerprint density at radius 1 is 1.27 bits per heavy atom. The van der Waals surface area contributed by atoms with Crippen molar-refractivity contribution in [3.05, 3.63) is 0 Å². The zero-order valence-electron chi connectivity index (χ0n) is 7.47. The monoisotopic (exact) mass is 157 g/mol. The van der Waals surface area contributed by atoms with Crippen LogP contribution in [-0.4, -0.2) is 24.7 Å². The average molecular weight is 157 g/mol. The number of hydrogen-bond acceptors (Lipinski definition) is 3. The first-order chi connectivity index (χ1) is 5.00. The fraction of sp³-hybridized carbons (Fsp3) is 0.750. The van der Waals surface area contributed by atoms with Crippen LogP contribution in [0.25, 0.3) is 0 Å². The molecule has 0 radical (unpaired) electrons. The summed E-state index contributed by atoms with van der Waals surface area (Å²) in [6.07, 6.45) is 0. The predicted octanol–water partition coefficient (Wildman–Crippen LogP) is 0.388. The van der Waals surface area contributed by atoms with E-state index in [2.05, 4.69) is 5.32 Å². The lowest BCUT2D eigenvalue weighted by Gasteiger charge is -2.12. The van der Waals surface area contributed by atoms with Crippen LogP contribution in [0.4, 0.5) is 0 Å². The van der Waals surface area contributed by atoms with Gasteiger partial charge in [-0.15, -0.1) is 0 Å². The lowest BCUT2D eigenvalue weighted by molar-refractivity contribution is -0.131. The second-order valence-corrected chi connectivity index (χ2v) is 2.75. The second-order valence-electron chi connectivity index (χ2n) is 2.75. The van der Waals surface area contributed by atoms with E-state index in [0.29, 0.717) is 0 Å². The molecule has 0 rings (SSSR count). The largest absolute Gasteiger partial charge is 0.311 e. The van der Waals surface area contributed by atoms with E-state index in [4.69, 9.17) is 0 Å². The number of rotatable bonds is 4. The topological polar surface area (TPSA) is 46.2 Å². The van der Waals surface area contributed by atoms with E-state index >= 15 is 0 Å². The van der Waals surface area contributed by atoms with Crippen molar-refractivity contribution in [2.24, 2.45) is 5.92 Å². The highest BCUT2D eigenvalue weighted by Gasteiger charge is 2.21. The molecule has 1 N–H and O–H groups in total. The van der Waals surface area contributed by atoms with Gasteiger partial charge in [-0.25, -0.2) is 0 Å². The summed E-state index contributed by atoms with van der Waals surface area (Å²) < 4.78 is 0. The third-order valence-corrected chi connectivity index (χ3v) is 1.90. The smallest absolute Gasteiger partial charge is 0.159 e. The molecule has 11 heavy (non-hydrogen) atoms. The van der Waals surface area contributed by atoms with Crippen molar-refractivity contribution in [1.29, 1.82) is 0 Å². The standard InChI is InChI=1S/C8H15NO2/c1-5(7(3)10)8(11)6(2)9-4/h5-6,9H,1-4H3. The van der Waals surface area contributed by atoms with Gasteiger partial charge in [0.2, 0.25) is 0 Å². The van der Waals surface area contributed by atoms with Gasteiger partial charge >= 0.3 is 0 Å². The van der Waals surface area contributed by atoms with Gasteiger partial charge in [0.25, 0.3) is 0 Å². The molecule has 0 aliphatic rings.